The van der Waals surface area contributed by atoms with E-state index in [4.69, 9.17) is 0 Å². The van der Waals surface area contributed by atoms with E-state index in [0.717, 1.165) is 10.1 Å². The van der Waals surface area contributed by atoms with E-state index in [9.17, 15) is 9.59 Å². The molecule has 0 aliphatic carbocycles. The molecule has 27 heavy (non-hydrogen) atoms. The third-order valence-electron chi connectivity index (χ3n) is 4.37. The molecule has 10 heteroatoms. The Hall–Kier alpha value is -3.14. The Morgan fingerprint density at radius 3 is 2.44 bits per heavy atom. The molecule has 4 rings (SSSR count). The van der Waals surface area contributed by atoms with Gasteiger partial charge in [-0.1, -0.05) is 30.3 Å². The minimum Gasteiger partial charge on any atom is -0.316 e. The number of imidazole rings is 1. The average Bonchev–Trinajstić information content (AvgIpc) is 3.24. The number of aryl methyl sites for hydroxylation is 2. The van der Waals surface area contributed by atoms with Gasteiger partial charge >= 0.3 is 5.69 Å². The molecule has 138 valence electrons. The van der Waals surface area contributed by atoms with Crippen molar-refractivity contribution >= 4 is 22.9 Å². The maximum absolute atomic E-state index is 12.5. The lowest BCUT2D eigenvalue weighted by molar-refractivity contribution is 0.616. The van der Waals surface area contributed by atoms with Gasteiger partial charge in [0.25, 0.3) is 5.56 Å². The molecule has 1 aromatic carbocycles. The predicted molar refractivity (Wildman–Crippen MR) is 101 cm³/mol. The van der Waals surface area contributed by atoms with Crippen LogP contribution in [0.3, 0.4) is 0 Å². The molecule has 4 aromatic rings. The number of hydrogen-bond donors (Lipinski definition) is 0. The van der Waals surface area contributed by atoms with Crippen molar-refractivity contribution in [3.05, 3.63) is 63.1 Å². The third kappa shape index (κ3) is 2.87. The van der Waals surface area contributed by atoms with E-state index in [1.54, 1.807) is 23.3 Å². The van der Waals surface area contributed by atoms with Gasteiger partial charge in [0.05, 0.1) is 6.54 Å². The van der Waals surface area contributed by atoms with Gasteiger partial charge in [0.15, 0.2) is 21.5 Å². The number of nitrogens with zero attached hydrogens (tertiary/aromatic N) is 7. The number of fused-ring (bicyclic) bond motifs is 1. The minimum atomic E-state index is -0.408. The van der Waals surface area contributed by atoms with Crippen LogP contribution < -0.4 is 11.2 Å². The zero-order valence-corrected chi connectivity index (χ0v) is 15.8. The van der Waals surface area contributed by atoms with E-state index in [2.05, 4.69) is 15.1 Å². The van der Waals surface area contributed by atoms with Crippen LogP contribution in [0, 0.1) is 0 Å². The summed E-state index contributed by atoms with van der Waals surface area (Å²) in [6.45, 7) is 0.577. The quantitative estimate of drug-likeness (QED) is 0.517. The summed E-state index contributed by atoms with van der Waals surface area (Å²) in [5.41, 5.74) is 1.04. The number of rotatable bonds is 4. The van der Waals surface area contributed by atoms with Gasteiger partial charge in [-0.15, -0.1) is 0 Å². The summed E-state index contributed by atoms with van der Waals surface area (Å²) in [7, 11) is 4.81. The monoisotopic (exact) mass is 383 g/mol. The highest BCUT2D eigenvalue weighted by molar-refractivity contribution is 7.99. The molecule has 0 fully saturated rings. The Balaban J connectivity index is 1.76. The SMILES string of the molecule is Cn1c(=O)c2c(nc(Sc3ncnn3Cc3ccccc3)n2C)n(C)c1=O. The maximum atomic E-state index is 12.5. The average molecular weight is 383 g/mol. The third-order valence-corrected chi connectivity index (χ3v) is 5.42. The Labute approximate surface area is 157 Å². The second-order valence-electron chi connectivity index (χ2n) is 6.12. The summed E-state index contributed by atoms with van der Waals surface area (Å²) in [6.07, 6.45) is 1.49. The van der Waals surface area contributed by atoms with Crippen molar-refractivity contribution in [3.8, 4) is 0 Å². The van der Waals surface area contributed by atoms with Crippen molar-refractivity contribution in [1.29, 1.82) is 0 Å². The summed E-state index contributed by atoms with van der Waals surface area (Å²) < 4.78 is 5.91. The van der Waals surface area contributed by atoms with Crippen LogP contribution in [-0.4, -0.2) is 33.4 Å². The fourth-order valence-electron chi connectivity index (χ4n) is 2.87. The van der Waals surface area contributed by atoms with Crippen LogP contribution in [-0.2, 0) is 27.7 Å². The van der Waals surface area contributed by atoms with Gasteiger partial charge in [0.2, 0.25) is 0 Å². The molecular weight excluding hydrogens is 366 g/mol. The lowest BCUT2D eigenvalue weighted by atomic mass is 10.2. The van der Waals surface area contributed by atoms with Gasteiger partial charge in [-0.25, -0.2) is 19.4 Å². The molecule has 0 aliphatic heterocycles. The molecule has 0 spiro atoms. The van der Waals surface area contributed by atoms with Gasteiger partial charge in [0.1, 0.15) is 6.33 Å². The lowest BCUT2D eigenvalue weighted by Gasteiger charge is -2.06. The summed E-state index contributed by atoms with van der Waals surface area (Å²) >= 11 is 1.30. The zero-order chi connectivity index (χ0) is 19.1. The molecule has 0 unspecified atom stereocenters. The Kier molecular flexibility index (Phi) is 4.19. The van der Waals surface area contributed by atoms with E-state index in [-0.39, 0.29) is 5.56 Å². The van der Waals surface area contributed by atoms with Gasteiger partial charge < -0.3 is 4.57 Å². The molecule has 0 aliphatic rings. The first-order chi connectivity index (χ1) is 13.0. The topological polar surface area (TPSA) is 92.5 Å². The Morgan fingerprint density at radius 2 is 1.70 bits per heavy atom. The smallest absolute Gasteiger partial charge is 0.316 e. The highest BCUT2D eigenvalue weighted by atomic mass is 32.2. The number of hydrogen-bond acceptors (Lipinski definition) is 6. The van der Waals surface area contributed by atoms with Crippen LogP contribution in [0.5, 0.6) is 0 Å². The predicted octanol–water partition coefficient (Wildman–Crippen LogP) is 0.762. The van der Waals surface area contributed by atoms with Crippen LogP contribution in [0.1, 0.15) is 5.56 Å². The van der Waals surface area contributed by atoms with E-state index >= 15 is 0 Å². The first-order valence-corrected chi connectivity index (χ1v) is 9.01. The number of aromatic nitrogens is 7. The molecule has 0 radical (unpaired) electrons. The van der Waals surface area contributed by atoms with Gasteiger partial charge in [-0.3, -0.25) is 13.9 Å². The van der Waals surface area contributed by atoms with Crippen LogP contribution in [0.25, 0.3) is 11.2 Å². The molecule has 3 heterocycles. The first-order valence-electron chi connectivity index (χ1n) is 8.19. The van der Waals surface area contributed by atoms with Crippen molar-refractivity contribution in [2.75, 3.05) is 0 Å². The molecule has 0 atom stereocenters. The first kappa shape index (κ1) is 17.3. The normalized spacial score (nSPS) is 11.4. The summed E-state index contributed by atoms with van der Waals surface area (Å²) in [5, 5.41) is 5.49. The van der Waals surface area contributed by atoms with Gasteiger partial charge in [-0.2, -0.15) is 5.10 Å². The Morgan fingerprint density at radius 1 is 0.963 bits per heavy atom. The molecule has 0 saturated carbocycles. The van der Waals surface area contributed by atoms with Gasteiger partial charge in [-0.05, 0) is 17.3 Å². The fourth-order valence-corrected chi connectivity index (χ4v) is 3.71. The minimum absolute atomic E-state index is 0.349. The summed E-state index contributed by atoms with van der Waals surface area (Å²) in [6, 6.07) is 9.95. The van der Waals surface area contributed by atoms with Crippen molar-refractivity contribution in [3.63, 3.8) is 0 Å². The summed E-state index contributed by atoms with van der Waals surface area (Å²) in [4.78, 5) is 33.4. The van der Waals surface area contributed by atoms with Crippen molar-refractivity contribution in [2.45, 2.75) is 16.9 Å². The largest absolute Gasteiger partial charge is 0.332 e. The molecular formula is C17H17N7O2S. The van der Waals surface area contributed by atoms with E-state index in [1.165, 1.54) is 29.7 Å². The van der Waals surface area contributed by atoms with Gasteiger partial charge in [0, 0.05) is 21.1 Å². The molecule has 3 aromatic heterocycles. The molecule has 0 saturated heterocycles. The van der Waals surface area contributed by atoms with Crippen LogP contribution in [0.15, 0.2) is 56.6 Å². The molecule has 9 nitrogen and oxygen atoms in total. The lowest BCUT2D eigenvalue weighted by Crippen LogP contribution is -2.37. The van der Waals surface area contributed by atoms with Crippen LogP contribution in [0.2, 0.25) is 0 Å². The fraction of sp³-hybridized carbons (Fsp3) is 0.235. The maximum Gasteiger partial charge on any atom is 0.332 e. The van der Waals surface area contributed by atoms with Crippen molar-refractivity contribution in [2.24, 2.45) is 21.1 Å². The second kappa shape index (κ2) is 6.54. The highest BCUT2D eigenvalue weighted by Gasteiger charge is 2.19. The van der Waals surface area contributed by atoms with E-state index in [1.807, 2.05) is 30.3 Å². The number of benzene rings is 1. The van der Waals surface area contributed by atoms with Crippen molar-refractivity contribution in [1.82, 2.24) is 33.4 Å². The van der Waals surface area contributed by atoms with E-state index < -0.39 is 5.69 Å². The zero-order valence-electron chi connectivity index (χ0n) is 15.0. The highest BCUT2D eigenvalue weighted by Crippen LogP contribution is 2.26. The second-order valence-corrected chi connectivity index (χ2v) is 7.05. The molecule has 0 amide bonds. The molecule has 0 bridgehead atoms. The molecule has 0 N–H and O–H groups in total. The standard InChI is InChI=1S/C17H17N7O2S/c1-21-12-13(22(2)17(26)23(3)14(12)25)20-16(21)27-15-18-10-19-24(15)9-11-7-5-4-6-8-11/h4-8,10H,9H2,1-3H3. The Bertz CT molecular complexity index is 1250. The summed E-state index contributed by atoms with van der Waals surface area (Å²) in [5.74, 6) is 0. The van der Waals surface area contributed by atoms with Crippen LogP contribution >= 0.6 is 11.8 Å². The van der Waals surface area contributed by atoms with Crippen molar-refractivity contribution < 1.29 is 0 Å². The van der Waals surface area contributed by atoms with Crippen LogP contribution in [0.4, 0.5) is 0 Å². The van der Waals surface area contributed by atoms with E-state index in [0.29, 0.717) is 28.0 Å².